The summed E-state index contributed by atoms with van der Waals surface area (Å²) in [6.45, 7) is 0. The van der Waals surface area contributed by atoms with E-state index in [1.807, 2.05) is 0 Å². The molecule has 1 aliphatic rings. The van der Waals surface area contributed by atoms with Gasteiger partial charge in [-0.25, -0.2) is 0 Å². The van der Waals surface area contributed by atoms with Crippen LogP contribution >= 0.6 is 0 Å². The molecule has 49 heavy (non-hydrogen) atoms. The minimum absolute atomic E-state index is 0.953. The molecule has 0 atom stereocenters. The largest absolute Gasteiger partial charge is 0.309 e. The van der Waals surface area contributed by atoms with Crippen LogP contribution in [0.4, 0.5) is 0 Å². The molecular weight excluding hydrogens is 593 g/mol. The highest BCUT2D eigenvalue weighted by Crippen LogP contribution is 2.45. The smallest absolute Gasteiger partial charge is 0.0544 e. The summed E-state index contributed by atoms with van der Waals surface area (Å²) in [7, 11) is 0. The van der Waals surface area contributed by atoms with Crippen molar-refractivity contribution in [2.45, 2.75) is 6.42 Å². The van der Waals surface area contributed by atoms with Crippen molar-refractivity contribution in [3.63, 3.8) is 0 Å². The predicted octanol–water partition coefficient (Wildman–Crippen LogP) is 12.3. The highest BCUT2D eigenvalue weighted by atomic mass is 15.0. The molecule has 0 fully saturated rings. The third-order valence-corrected chi connectivity index (χ3v) is 10.7. The van der Waals surface area contributed by atoms with Crippen molar-refractivity contribution < 1.29 is 0 Å². The number of rotatable bonds is 3. The van der Waals surface area contributed by atoms with E-state index in [1.54, 1.807) is 0 Å². The Balaban J connectivity index is 1.17. The van der Waals surface area contributed by atoms with Gasteiger partial charge in [0, 0.05) is 32.9 Å². The summed E-state index contributed by atoms with van der Waals surface area (Å²) in [6.07, 6.45) is 0.953. The molecule has 2 aromatic heterocycles. The first-order valence-electron chi connectivity index (χ1n) is 17.1. The average molecular weight is 623 g/mol. The number of aromatic nitrogens is 2. The quantitative estimate of drug-likeness (QED) is 0.186. The van der Waals surface area contributed by atoms with E-state index in [0.717, 1.165) is 6.42 Å². The van der Waals surface area contributed by atoms with Gasteiger partial charge < -0.3 is 9.13 Å². The number of para-hydroxylation sites is 2. The summed E-state index contributed by atoms with van der Waals surface area (Å²) in [5.74, 6) is 0. The predicted molar refractivity (Wildman–Crippen MR) is 206 cm³/mol. The normalized spacial score (nSPS) is 12.4. The molecule has 228 valence electrons. The van der Waals surface area contributed by atoms with E-state index in [1.165, 1.54) is 99.1 Å². The van der Waals surface area contributed by atoms with E-state index in [0.29, 0.717) is 0 Å². The fourth-order valence-electron chi connectivity index (χ4n) is 8.53. The third-order valence-electron chi connectivity index (χ3n) is 10.7. The van der Waals surface area contributed by atoms with Gasteiger partial charge in [-0.3, -0.25) is 0 Å². The number of hydrogen-bond acceptors (Lipinski definition) is 0. The van der Waals surface area contributed by atoms with Crippen LogP contribution in [0.25, 0.3) is 88.0 Å². The molecule has 0 aliphatic heterocycles. The van der Waals surface area contributed by atoms with Gasteiger partial charge in [0.2, 0.25) is 0 Å². The molecule has 0 bridgehead atoms. The molecule has 0 saturated carbocycles. The highest BCUT2D eigenvalue weighted by Gasteiger charge is 2.25. The molecule has 2 nitrogen and oxygen atoms in total. The Bertz CT molecular complexity index is 2960. The zero-order valence-corrected chi connectivity index (χ0v) is 26.8. The molecule has 1 aliphatic carbocycles. The molecule has 0 spiro atoms. The van der Waals surface area contributed by atoms with Crippen LogP contribution in [0.1, 0.15) is 11.1 Å². The number of hydrogen-bond donors (Lipinski definition) is 0. The Hall–Kier alpha value is -6.38. The van der Waals surface area contributed by atoms with Gasteiger partial charge in [0.15, 0.2) is 0 Å². The summed E-state index contributed by atoms with van der Waals surface area (Å²) in [4.78, 5) is 0. The third kappa shape index (κ3) is 3.83. The van der Waals surface area contributed by atoms with Crippen LogP contribution in [0.3, 0.4) is 0 Å². The fourth-order valence-corrected chi connectivity index (χ4v) is 8.53. The van der Waals surface area contributed by atoms with Crippen LogP contribution in [-0.4, -0.2) is 9.13 Å². The maximum absolute atomic E-state index is 2.47. The van der Waals surface area contributed by atoms with Crippen LogP contribution in [-0.2, 0) is 6.42 Å². The van der Waals surface area contributed by atoms with E-state index in [4.69, 9.17) is 0 Å². The molecule has 8 aromatic carbocycles. The van der Waals surface area contributed by atoms with Crippen LogP contribution in [0.5, 0.6) is 0 Å². The van der Waals surface area contributed by atoms with Gasteiger partial charge in [-0.15, -0.1) is 0 Å². The van der Waals surface area contributed by atoms with Gasteiger partial charge in [0.25, 0.3) is 0 Å². The Morgan fingerprint density at radius 2 is 1.02 bits per heavy atom. The van der Waals surface area contributed by atoms with Crippen LogP contribution in [0.15, 0.2) is 170 Å². The van der Waals surface area contributed by atoms with Crippen molar-refractivity contribution in [1.29, 1.82) is 0 Å². The van der Waals surface area contributed by atoms with Gasteiger partial charge >= 0.3 is 0 Å². The van der Waals surface area contributed by atoms with Gasteiger partial charge in [-0.05, 0) is 111 Å². The lowest BCUT2D eigenvalue weighted by molar-refractivity contribution is 1.18. The molecular formula is C47H30N2. The highest BCUT2D eigenvalue weighted by molar-refractivity contribution is 6.15. The topological polar surface area (TPSA) is 9.86 Å². The van der Waals surface area contributed by atoms with Crippen molar-refractivity contribution in [3.8, 4) is 33.6 Å². The molecule has 0 amide bonds. The summed E-state index contributed by atoms with van der Waals surface area (Å²) in [5.41, 5.74) is 15.3. The van der Waals surface area contributed by atoms with Crippen molar-refractivity contribution >= 4 is 54.4 Å². The van der Waals surface area contributed by atoms with Crippen molar-refractivity contribution in [2.24, 2.45) is 0 Å². The molecule has 0 unspecified atom stereocenters. The molecule has 0 radical (unpaired) electrons. The summed E-state index contributed by atoms with van der Waals surface area (Å²) < 4.78 is 4.86. The van der Waals surface area contributed by atoms with Crippen LogP contribution in [0, 0.1) is 0 Å². The van der Waals surface area contributed by atoms with E-state index in [9.17, 15) is 0 Å². The van der Waals surface area contributed by atoms with Gasteiger partial charge in [-0.2, -0.15) is 0 Å². The molecule has 11 rings (SSSR count). The van der Waals surface area contributed by atoms with E-state index in [2.05, 4.69) is 179 Å². The number of nitrogens with zero attached hydrogens (tertiary/aromatic N) is 2. The van der Waals surface area contributed by atoms with Gasteiger partial charge in [-0.1, -0.05) is 109 Å². The lowest BCUT2D eigenvalue weighted by Crippen LogP contribution is -1.94. The Morgan fingerprint density at radius 3 is 1.90 bits per heavy atom. The molecule has 10 aromatic rings. The second-order valence-electron chi connectivity index (χ2n) is 13.3. The van der Waals surface area contributed by atoms with Crippen LogP contribution in [0.2, 0.25) is 0 Å². The zero-order valence-electron chi connectivity index (χ0n) is 26.8. The zero-order chi connectivity index (χ0) is 32.1. The maximum atomic E-state index is 2.47. The molecule has 2 heteroatoms. The summed E-state index contributed by atoms with van der Waals surface area (Å²) in [6, 6.07) is 62.6. The standard InChI is InChI=1S/C47H30N2/c1-2-13-35(14-3-1)48-43-17-9-8-16-39(43)40-27-32(19-23-44(40)48)33-20-24-45-42(28-33)47-41-29-34-12-6-7-15-37(34)38(41)22-25-46(47)49(45)36-21-18-30-10-4-5-11-31(30)26-36/h1-28H,29H2. The van der Waals surface area contributed by atoms with E-state index >= 15 is 0 Å². The molecule has 0 N–H and O–H groups in total. The van der Waals surface area contributed by atoms with Crippen molar-refractivity contribution in [3.05, 3.63) is 181 Å². The van der Waals surface area contributed by atoms with Crippen molar-refractivity contribution in [1.82, 2.24) is 9.13 Å². The lowest BCUT2D eigenvalue weighted by Gasteiger charge is -2.10. The first-order valence-corrected chi connectivity index (χ1v) is 17.1. The first kappa shape index (κ1) is 26.7. The lowest BCUT2D eigenvalue weighted by atomic mass is 9.97. The van der Waals surface area contributed by atoms with Crippen molar-refractivity contribution in [2.75, 3.05) is 0 Å². The first-order chi connectivity index (χ1) is 24.3. The second kappa shape index (κ2) is 10.1. The Labute approximate surface area is 283 Å². The summed E-state index contributed by atoms with van der Waals surface area (Å²) >= 11 is 0. The molecule has 2 heterocycles. The van der Waals surface area contributed by atoms with Crippen LogP contribution < -0.4 is 0 Å². The average Bonchev–Trinajstić information content (AvgIpc) is 3.82. The monoisotopic (exact) mass is 622 g/mol. The summed E-state index contributed by atoms with van der Waals surface area (Å²) in [5, 5.41) is 7.72. The van der Waals surface area contributed by atoms with Gasteiger partial charge in [0.1, 0.15) is 0 Å². The molecule has 0 saturated heterocycles. The number of benzene rings is 8. The maximum Gasteiger partial charge on any atom is 0.0544 e. The SMILES string of the molecule is c1ccc(-n2c3ccccc3c3cc(-c4ccc5c(c4)c4c6c(ccc4n5-c4ccc5ccccc5c4)-c4ccccc4C6)ccc32)cc1. The Kier molecular flexibility index (Phi) is 5.47. The Morgan fingerprint density at radius 1 is 0.367 bits per heavy atom. The minimum Gasteiger partial charge on any atom is -0.309 e. The van der Waals surface area contributed by atoms with Gasteiger partial charge in [0.05, 0.1) is 22.1 Å². The number of fused-ring (bicyclic) bond motifs is 11. The van der Waals surface area contributed by atoms with E-state index < -0.39 is 0 Å². The van der Waals surface area contributed by atoms with E-state index in [-0.39, 0.29) is 0 Å². The minimum atomic E-state index is 0.953. The second-order valence-corrected chi connectivity index (χ2v) is 13.3. The fraction of sp³-hybridized carbons (Fsp3) is 0.0213.